The van der Waals surface area contributed by atoms with Crippen LogP contribution in [0.5, 0.6) is 0 Å². The Morgan fingerprint density at radius 1 is 1.43 bits per heavy atom. The first-order valence-electron chi connectivity index (χ1n) is 5.87. The molecule has 1 N–H and O–H groups in total. The zero-order chi connectivity index (χ0) is 15.6. The lowest BCUT2D eigenvalue weighted by atomic mass is 10.1. The van der Waals surface area contributed by atoms with Crippen molar-refractivity contribution in [3.63, 3.8) is 0 Å². The van der Waals surface area contributed by atoms with E-state index in [1.165, 1.54) is 36.0 Å². The third kappa shape index (κ3) is 2.61. The molecule has 1 aromatic heterocycles. The van der Waals surface area contributed by atoms with Gasteiger partial charge in [0.2, 0.25) is 0 Å². The number of carbonyl (C=O) groups is 1. The summed E-state index contributed by atoms with van der Waals surface area (Å²) in [5.41, 5.74) is -0.0949. The number of nitrogens with one attached hydrogen (secondary N) is 1. The third-order valence-electron chi connectivity index (χ3n) is 2.86. The van der Waals surface area contributed by atoms with E-state index in [9.17, 15) is 19.8 Å². The molecule has 0 aliphatic carbocycles. The van der Waals surface area contributed by atoms with Gasteiger partial charge in [0.1, 0.15) is 5.56 Å². The van der Waals surface area contributed by atoms with Crippen molar-refractivity contribution in [1.82, 2.24) is 9.78 Å². The summed E-state index contributed by atoms with van der Waals surface area (Å²) < 4.78 is 1.28. The zero-order valence-corrected chi connectivity index (χ0v) is 11.2. The van der Waals surface area contributed by atoms with E-state index in [4.69, 9.17) is 0 Å². The van der Waals surface area contributed by atoms with E-state index in [0.717, 1.165) is 0 Å². The van der Waals surface area contributed by atoms with E-state index in [2.05, 4.69) is 15.6 Å². The number of anilines is 1. The highest BCUT2D eigenvalue weighted by atomic mass is 16.6. The lowest BCUT2D eigenvalue weighted by Crippen LogP contribution is -2.16. The minimum absolute atomic E-state index is 0.00978. The molecule has 0 saturated carbocycles. The van der Waals surface area contributed by atoms with Crippen LogP contribution in [-0.2, 0) is 7.05 Å². The second-order valence-electron chi connectivity index (χ2n) is 4.23. The molecule has 21 heavy (non-hydrogen) atoms. The topological polar surface area (TPSA) is 119 Å². The molecule has 0 aliphatic rings. The van der Waals surface area contributed by atoms with Gasteiger partial charge < -0.3 is 5.32 Å². The van der Waals surface area contributed by atoms with Crippen molar-refractivity contribution in [2.45, 2.75) is 6.92 Å². The number of nitroso groups, excluding NO2 is 1. The summed E-state index contributed by atoms with van der Waals surface area (Å²) in [6.07, 6.45) is 0. The molecule has 1 heterocycles. The lowest BCUT2D eigenvalue weighted by Gasteiger charge is -2.06. The van der Waals surface area contributed by atoms with E-state index in [1.807, 2.05) is 0 Å². The van der Waals surface area contributed by atoms with E-state index in [0.29, 0.717) is 5.69 Å². The van der Waals surface area contributed by atoms with Gasteiger partial charge in [-0.1, -0.05) is 12.1 Å². The van der Waals surface area contributed by atoms with Gasteiger partial charge in [0.15, 0.2) is 11.5 Å². The molecule has 0 saturated heterocycles. The van der Waals surface area contributed by atoms with Gasteiger partial charge in [-0.05, 0) is 18.2 Å². The van der Waals surface area contributed by atoms with Crippen molar-refractivity contribution in [1.29, 1.82) is 0 Å². The molecule has 108 valence electrons. The molecule has 9 nitrogen and oxygen atoms in total. The standard InChI is InChI=1S/C12H11N5O4/c1-7-10(15-19)11(16(2)14-7)13-12(18)8-5-3-4-6-9(8)17(20)21/h3-6H,1-2H3,(H,13,18). The Labute approximate surface area is 118 Å². The molecule has 0 unspecified atom stereocenters. The van der Waals surface area contributed by atoms with Crippen LogP contribution in [-0.4, -0.2) is 20.6 Å². The van der Waals surface area contributed by atoms with Crippen LogP contribution >= 0.6 is 0 Å². The Morgan fingerprint density at radius 2 is 2.10 bits per heavy atom. The number of hydrogen-bond acceptors (Lipinski definition) is 6. The minimum atomic E-state index is -0.713. The summed E-state index contributed by atoms with van der Waals surface area (Å²) in [5, 5.41) is 20.1. The SMILES string of the molecule is Cc1nn(C)c(NC(=O)c2ccccc2[N+](=O)[O-])c1N=O. The Morgan fingerprint density at radius 3 is 2.71 bits per heavy atom. The third-order valence-corrected chi connectivity index (χ3v) is 2.86. The van der Waals surface area contributed by atoms with Crippen LogP contribution < -0.4 is 5.32 Å². The fourth-order valence-electron chi connectivity index (χ4n) is 1.90. The Balaban J connectivity index is 2.40. The zero-order valence-electron chi connectivity index (χ0n) is 11.2. The molecular formula is C12H11N5O4. The number of hydrogen-bond donors (Lipinski definition) is 1. The maximum atomic E-state index is 12.2. The maximum absolute atomic E-state index is 12.2. The van der Waals surface area contributed by atoms with Crippen LogP contribution in [0.2, 0.25) is 0 Å². The largest absolute Gasteiger partial charge is 0.305 e. The van der Waals surface area contributed by atoms with Crippen molar-refractivity contribution < 1.29 is 9.72 Å². The number of benzene rings is 1. The molecule has 9 heteroatoms. The number of nitro benzene ring substituents is 1. The predicted octanol–water partition coefficient (Wildman–Crippen LogP) is 2.29. The Kier molecular flexibility index (Phi) is 3.74. The molecule has 0 bridgehead atoms. The van der Waals surface area contributed by atoms with Crippen molar-refractivity contribution in [2.75, 3.05) is 5.32 Å². The van der Waals surface area contributed by atoms with Gasteiger partial charge >= 0.3 is 0 Å². The quantitative estimate of drug-likeness (QED) is 0.526. The fourth-order valence-corrected chi connectivity index (χ4v) is 1.90. The summed E-state index contributed by atoms with van der Waals surface area (Å²) in [6, 6.07) is 5.52. The number of nitro groups is 1. The lowest BCUT2D eigenvalue weighted by molar-refractivity contribution is -0.385. The smallest absolute Gasteiger partial charge is 0.282 e. The second-order valence-corrected chi connectivity index (χ2v) is 4.23. The van der Waals surface area contributed by atoms with Gasteiger partial charge in [-0.25, -0.2) is 0 Å². The first-order chi connectivity index (χ1) is 9.95. The molecule has 2 rings (SSSR count). The summed E-state index contributed by atoms with van der Waals surface area (Å²) >= 11 is 0. The van der Waals surface area contributed by atoms with E-state index >= 15 is 0 Å². The molecule has 0 atom stereocenters. The predicted molar refractivity (Wildman–Crippen MR) is 74.4 cm³/mol. The van der Waals surface area contributed by atoms with Crippen LogP contribution in [0.1, 0.15) is 16.1 Å². The van der Waals surface area contributed by atoms with Crippen molar-refractivity contribution in [3.8, 4) is 0 Å². The van der Waals surface area contributed by atoms with Crippen molar-refractivity contribution in [3.05, 3.63) is 50.5 Å². The summed E-state index contributed by atoms with van der Waals surface area (Å²) in [5.74, 6) is -0.624. The molecule has 0 fully saturated rings. The normalized spacial score (nSPS) is 10.2. The fraction of sp³-hybridized carbons (Fsp3) is 0.167. The number of aromatic nitrogens is 2. The molecule has 0 aliphatic heterocycles. The minimum Gasteiger partial charge on any atom is -0.305 e. The number of para-hydroxylation sites is 1. The summed E-state index contributed by atoms with van der Waals surface area (Å²) in [7, 11) is 1.52. The van der Waals surface area contributed by atoms with E-state index < -0.39 is 10.8 Å². The summed E-state index contributed by atoms with van der Waals surface area (Å²) in [4.78, 5) is 33.2. The van der Waals surface area contributed by atoms with Gasteiger partial charge in [-0.15, -0.1) is 4.91 Å². The molecule has 0 radical (unpaired) electrons. The molecule has 2 aromatic rings. The monoisotopic (exact) mass is 289 g/mol. The molecular weight excluding hydrogens is 278 g/mol. The van der Waals surface area contributed by atoms with Crippen molar-refractivity contribution in [2.24, 2.45) is 12.2 Å². The Bertz CT molecular complexity index is 737. The molecule has 1 amide bonds. The number of amides is 1. The highest BCUT2D eigenvalue weighted by molar-refractivity contribution is 6.07. The average molecular weight is 289 g/mol. The number of nitrogens with zero attached hydrogens (tertiary/aromatic N) is 4. The highest BCUT2D eigenvalue weighted by Crippen LogP contribution is 2.29. The van der Waals surface area contributed by atoms with Crippen LogP contribution in [0.3, 0.4) is 0 Å². The van der Waals surface area contributed by atoms with Gasteiger partial charge in [0, 0.05) is 13.1 Å². The second kappa shape index (κ2) is 5.49. The van der Waals surface area contributed by atoms with Crippen LogP contribution in [0.25, 0.3) is 0 Å². The first kappa shape index (κ1) is 14.3. The Hall–Kier alpha value is -3.10. The summed E-state index contributed by atoms with van der Waals surface area (Å²) in [6.45, 7) is 1.57. The van der Waals surface area contributed by atoms with E-state index in [1.54, 1.807) is 6.92 Å². The van der Waals surface area contributed by atoms with Crippen LogP contribution in [0.15, 0.2) is 29.4 Å². The number of rotatable bonds is 4. The van der Waals surface area contributed by atoms with Crippen LogP contribution in [0, 0.1) is 21.9 Å². The number of carbonyl (C=O) groups excluding carboxylic acids is 1. The highest BCUT2D eigenvalue weighted by Gasteiger charge is 2.22. The maximum Gasteiger partial charge on any atom is 0.282 e. The first-order valence-corrected chi connectivity index (χ1v) is 5.87. The van der Waals surface area contributed by atoms with Gasteiger partial charge in [-0.2, -0.15) is 5.10 Å². The van der Waals surface area contributed by atoms with Gasteiger partial charge in [0.05, 0.1) is 10.6 Å². The number of aryl methyl sites for hydroxylation is 2. The molecule has 0 spiro atoms. The van der Waals surface area contributed by atoms with Gasteiger partial charge in [-0.3, -0.25) is 19.6 Å². The van der Waals surface area contributed by atoms with Crippen LogP contribution in [0.4, 0.5) is 17.2 Å². The van der Waals surface area contributed by atoms with Gasteiger partial charge in [0.25, 0.3) is 11.6 Å². The van der Waals surface area contributed by atoms with Crippen molar-refractivity contribution >= 4 is 23.1 Å². The molecule has 1 aromatic carbocycles. The van der Waals surface area contributed by atoms with E-state index in [-0.39, 0.29) is 22.8 Å². The average Bonchev–Trinajstić information content (AvgIpc) is 2.72.